The van der Waals surface area contributed by atoms with E-state index in [2.05, 4.69) is 0 Å². The van der Waals surface area contributed by atoms with Crippen LogP contribution in [0, 0.1) is 0 Å². The first-order chi connectivity index (χ1) is 4.54. The van der Waals surface area contributed by atoms with E-state index in [1.54, 1.807) is 13.8 Å². The fourth-order valence-corrected chi connectivity index (χ4v) is 0. The van der Waals surface area contributed by atoms with E-state index in [1.807, 2.05) is 0 Å². The van der Waals surface area contributed by atoms with Crippen LogP contribution in [-0.4, -0.2) is 12.6 Å². The van der Waals surface area contributed by atoms with Crippen LogP contribution >= 0.6 is 0 Å². The third-order valence-corrected chi connectivity index (χ3v) is 0.667. The molecule has 0 heterocycles. The molecule has 0 bridgehead atoms. The molecule has 64 valence electrons. The minimum atomic E-state index is -1.62. The first kappa shape index (κ1) is 17.6. The Hall–Kier alpha value is 0.554. The maximum Gasteiger partial charge on any atom is 4.00 e. The second kappa shape index (κ2) is 13.2. The molecule has 0 fully saturated rings. The van der Waals surface area contributed by atoms with Crippen molar-refractivity contribution in [3.63, 3.8) is 0 Å². The molecule has 0 radical (unpaired) electrons. The molecule has 0 aromatic carbocycles. The molecule has 0 saturated heterocycles. The molecule has 0 aliphatic heterocycles. The molecule has 0 aliphatic carbocycles. The Kier molecular flexibility index (Phi) is 21.1. The van der Waals surface area contributed by atoms with Gasteiger partial charge < -0.3 is 20.4 Å². The van der Waals surface area contributed by atoms with Gasteiger partial charge in [-0.1, -0.05) is 26.7 Å². The Morgan fingerprint density at radius 3 is 0.909 bits per heavy atom. The van der Waals surface area contributed by atoms with E-state index < -0.39 is 12.6 Å². The van der Waals surface area contributed by atoms with E-state index in [9.17, 15) is 20.4 Å². The summed E-state index contributed by atoms with van der Waals surface area (Å²) < 4.78 is 0. The van der Waals surface area contributed by atoms with Gasteiger partial charge in [0.15, 0.2) is 0 Å². The van der Waals surface area contributed by atoms with E-state index in [0.717, 1.165) is 0 Å². The molecule has 5 heteroatoms. The third kappa shape index (κ3) is 37.2. The van der Waals surface area contributed by atoms with Gasteiger partial charge in [0.2, 0.25) is 0 Å². The maximum absolute atomic E-state index is 9.34. The van der Waals surface area contributed by atoms with Crippen molar-refractivity contribution in [3.8, 4) is 0 Å². The molecule has 0 saturated carbocycles. The van der Waals surface area contributed by atoms with Crippen molar-refractivity contribution in [2.45, 2.75) is 39.3 Å². The van der Waals surface area contributed by atoms with Crippen molar-refractivity contribution >= 4 is 0 Å². The van der Waals surface area contributed by atoms with Crippen molar-refractivity contribution in [2.75, 3.05) is 0 Å². The topological polar surface area (TPSA) is 92.2 Å². The SMILES string of the molecule is CCC([O-])[O-].CCC([O-])[O-].[Ti+4]. The average Bonchev–Trinajstić information content (AvgIpc) is 1.89. The van der Waals surface area contributed by atoms with Crippen LogP contribution in [-0.2, 0) is 21.7 Å². The van der Waals surface area contributed by atoms with E-state index >= 15 is 0 Å². The van der Waals surface area contributed by atoms with Crippen molar-refractivity contribution in [2.24, 2.45) is 0 Å². The molecule has 4 nitrogen and oxygen atoms in total. The second-order valence-corrected chi connectivity index (χ2v) is 1.68. The Morgan fingerprint density at radius 2 is 0.909 bits per heavy atom. The minimum absolute atomic E-state index is 0. The minimum Gasteiger partial charge on any atom is -0.865 e. The first-order valence-corrected chi connectivity index (χ1v) is 3.17. The van der Waals surface area contributed by atoms with Gasteiger partial charge in [0.25, 0.3) is 0 Å². The van der Waals surface area contributed by atoms with Gasteiger partial charge in [-0.05, 0) is 0 Å². The molecule has 11 heavy (non-hydrogen) atoms. The van der Waals surface area contributed by atoms with Crippen LogP contribution in [0.2, 0.25) is 0 Å². The zero-order chi connectivity index (χ0) is 8.57. The quantitative estimate of drug-likeness (QED) is 0.345. The van der Waals surface area contributed by atoms with Gasteiger partial charge in [0.05, 0.1) is 0 Å². The zero-order valence-electron chi connectivity index (χ0n) is 6.70. The molecule has 0 rings (SSSR count). The normalized spacial score (nSPS) is 8.73. The molecule has 0 atom stereocenters. The van der Waals surface area contributed by atoms with Gasteiger partial charge in [0.1, 0.15) is 0 Å². The van der Waals surface area contributed by atoms with E-state index in [4.69, 9.17) is 0 Å². The fourth-order valence-electron chi connectivity index (χ4n) is 0. The Morgan fingerprint density at radius 1 is 0.818 bits per heavy atom. The summed E-state index contributed by atoms with van der Waals surface area (Å²) in [5.74, 6) is 0. The number of rotatable bonds is 2. The summed E-state index contributed by atoms with van der Waals surface area (Å²) in [6.45, 7) is 3.15. The van der Waals surface area contributed by atoms with Crippen LogP contribution in [0.5, 0.6) is 0 Å². The van der Waals surface area contributed by atoms with Crippen LogP contribution in [0.15, 0.2) is 0 Å². The average molecular weight is 196 g/mol. The van der Waals surface area contributed by atoms with Crippen molar-refractivity contribution < 1.29 is 42.1 Å². The predicted octanol–water partition coefficient (Wildman–Crippen LogP) is -3.12. The van der Waals surface area contributed by atoms with Crippen LogP contribution in [0.4, 0.5) is 0 Å². The zero-order valence-corrected chi connectivity index (χ0v) is 8.26. The van der Waals surface area contributed by atoms with Gasteiger partial charge >= 0.3 is 21.7 Å². The second-order valence-electron chi connectivity index (χ2n) is 1.68. The molecule has 0 unspecified atom stereocenters. The van der Waals surface area contributed by atoms with Crippen LogP contribution in [0.1, 0.15) is 26.7 Å². The van der Waals surface area contributed by atoms with Crippen LogP contribution < -0.4 is 20.4 Å². The van der Waals surface area contributed by atoms with E-state index in [1.165, 1.54) is 0 Å². The van der Waals surface area contributed by atoms with Gasteiger partial charge in [0, 0.05) is 0 Å². The number of hydrogen-bond acceptors (Lipinski definition) is 4. The van der Waals surface area contributed by atoms with Crippen molar-refractivity contribution in [1.82, 2.24) is 0 Å². The Balaban J connectivity index is -0.000000107. The third-order valence-electron chi connectivity index (χ3n) is 0.667. The van der Waals surface area contributed by atoms with Gasteiger partial charge in [-0.3, -0.25) is 0 Å². The predicted molar refractivity (Wildman–Crippen MR) is 28.2 cm³/mol. The van der Waals surface area contributed by atoms with Crippen LogP contribution in [0.3, 0.4) is 0 Å². The molecular formula is C6H12O4Ti. The standard InChI is InChI=1S/2C3H6O2.Ti/c2*1-2-3(4)5;/h2*3H,2H2,1H3;/q2*-2;+4. The smallest absolute Gasteiger partial charge is 0.865 e. The molecule has 0 aromatic heterocycles. The molecule has 0 aromatic rings. The van der Waals surface area contributed by atoms with Crippen molar-refractivity contribution in [3.05, 3.63) is 0 Å². The van der Waals surface area contributed by atoms with E-state index in [-0.39, 0.29) is 34.6 Å². The summed E-state index contributed by atoms with van der Waals surface area (Å²) in [5, 5.41) is 37.4. The van der Waals surface area contributed by atoms with Crippen LogP contribution in [0.25, 0.3) is 0 Å². The molecule has 0 spiro atoms. The van der Waals surface area contributed by atoms with Gasteiger partial charge in [-0.2, -0.15) is 0 Å². The van der Waals surface area contributed by atoms with Crippen molar-refractivity contribution in [1.29, 1.82) is 0 Å². The summed E-state index contributed by atoms with van der Waals surface area (Å²) in [5.41, 5.74) is 0. The summed E-state index contributed by atoms with van der Waals surface area (Å²) >= 11 is 0. The van der Waals surface area contributed by atoms with E-state index in [0.29, 0.717) is 0 Å². The summed E-state index contributed by atoms with van der Waals surface area (Å²) in [7, 11) is 0. The molecular weight excluding hydrogens is 184 g/mol. The Labute approximate surface area is 81.8 Å². The van der Waals surface area contributed by atoms with Gasteiger partial charge in [-0.25, -0.2) is 12.6 Å². The molecule has 0 amide bonds. The maximum atomic E-state index is 9.34. The molecule has 0 N–H and O–H groups in total. The summed E-state index contributed by atoms with van der Waals surface area (Å²) in [4.78, 5) is 0. The van der Waals surface area contributed by atoms with Gasteiger partial charge in [-0.15, -0.1) is 0 Å². The number of hydrogen-bond donors (Lipinski definition) is 0. The fraction of sp³-hybridized carbons (Fsp3) is 1.00. The molecule has 0 aliphatic rings. The first-order valence-electron chi connectivity index (χ1n) is 3.17. The largest absolute Gasteiger partial charge is 4.00 e. The monoisotopic (exact) mass is 196 g/mol. The summed E-state index contributed by atoms with van der Waals surface area (Å²) in [6.07, 6.45) is -2.84. The Bertz CT molecular complexity index is 50.5. The summed E-state index contributed by atoms with van der Waals surface area (Å²) in [6, 6.07) is 0.